The van der Waals surface area contributed by atoms with Crippen molar-refractivity contribution in [3.8, 4) is 0 Å². The molecule has 0 N–H and O–H groups in total. The molecule has 1 aliphatic heterocycles. The standard InChI is InChI=1S/C11H16ClN3/c1-8-4-3-5-15(7-8)11-13-9(2)6-10(12)14-11/h6,8H,3-5,7H2,1-2H3/t8-/m0/s1. The molecule has 0 aliphatic carbocycles. The molecule has 1 aliphatic rings. The molecule has 4 heteroatoms. The van der Waals surface area contributed by atoms with Crippen LogP contribution in [0.5, 0.6) is 0 Å². The van der Waals surface area contributed by atoms with Gasteiger partial charge in [-0.3, -0.25) is 0 Å². The summed E-state index contributed by atoms with van der Waals surface area (Å²) in [4.78, 5) is 10.9. The molecule has 1 aromatic heterocycles. The summed E-state index contributed by atoms with van der Waals surface area (Å²) in [5.41, 5.74) is 0.934. The highest BCUT2D eigenvalue weighted by molar-refractivity contribution is 6.29. The van der Waals surface area contributed by atoms with Gasteiger partial charge in [0, 0.05) is 18.8 Å². The van der Waals surface area contributed by atoms with E-state index in [1.807, 2.05) is 6.92 Å². The Morgan fingerprint density at radius 2 is 2.27 bits per heavy atom. The van der Waals surface area contributed by atoms with Crippen LogP contribution in [0.4, 0.5) is 5.95 Å². The Bertz CT molecular complexity index is 333. The number of halogens is 1. The molecular formula is C11H16ClN3. The third-order valence-electron chi connectivity index (χ3n) is 2.75. The van der Waals surface area contributed by atoms with Crippen molar-refractivity contribution in [2.75, 3.05) is 18.0 Å². The molecule has 1 atom stereocenters. The van der Waals surface area contributed by atoms with Gasteiger partial charge in [0.2, 0.25) is 5.95 Å². The van der Waals surface area contributed by atoms with E-state index in [-0.39, 0.29) is 0 Å². The van der Waals surface area contributed by atoms with Gasteiger partial charge in [0.25, 0.3) is 0 Å². The first-order valence-corrected chi connectivity index (χ1v) is 5.79. The Morgan fingerprint density at radius 3 is 2.93 bits per heavy atom. The third-order valence-corrected chi connectivity index (χ3v) is 2.94. The first kappa shape index (κ1) is 10.7. The lowest BCUT2D eigenvalue weighted by Gasteiger charge is -2.31. The van der Waals surface area contributed by atoms with Crippen molar-refractivity contribution in [3.05, 3.63) is 16.9 Å². The lowest BCUT2D eigenvalue weighted by molar-refractivity contribution is 0.442. The molecule has 0 spiro atoms. The number of nitrogens with zero attached hydrogens (tertiary/aromatic N) is 3. The van der Waals surface area contributed by atoms with Gasteiger partial charge in [-0.2, -0.15) is 0 Å². The van der Waals surface area contributed by atoms with Gasteiger partial charge in [0.1, 0.15) is 5.15 Å². The molecule has 15 heavy (non-hydrogen) atoms. The lowest BCUT2D eigenvalue weighted by atomic mass is 10.0. The molecule has 2 heterocycles. The van der Waals surface area contributed by atoms with E-state index in [9.17, 15) is 0 Å². The van der Waals surface area contributed by atoms with E-state index in [4.69, 9.17) is 11.6 Å². The number of rotatable bonds is 1. The average Bonchev–Trinajstić information content (AvgIpc) is 2.16. The van der Waals surface area contributed by atoms with Crippen molar-refractivity contribution < 1.29 is 0 Å². The second kappa shape index (κ2) is 4.35. The molecule has 0 radical (unpaired) electrons. The molecule has 1 aromatic rings. The summed E-state index contributed by atoms with van der Waals surface area (Å²) in [5.74, 6) is 1.51. The zero-order valence-electron chi connectivity index (χ0n) is 9.20. The fourth-order valence-electron chi connectivity index (χ4n) is 2.03. The molecule has 3 nitrogen and oxygen atoms in total. The third kappa shape index (κ3) is 2.59. The van der Waals surface area contributed by atoms with E-state index >= 15 is 0 Å². The van der Waals surface area contributed by atoms with Gasteiger partial charge >= 0.3 is 0 Å². The monoisotopic (exact) mass is 225 g/mol. The van der Waals surface area contributed by atoms with E-state index in [1.54, 1.807) is 6.07 Å². The van der Waals surface area contributed by atoms with Gasteiger partial charge < -0.3 is 4.90 Å². The smallest absolute Gasteiger partial charge is 0.226 e. The molecule has 0 unspecified atom stereocenters. The Balaban J connectivity index is 2.20. The Morgan fingerprint density at radius 1 is 1.47 bits per heavy atom. The zero-order valence-corrected chi connectivity index (χ0v) is 9.96. The fraction of sp³-hybridized carbons (Fsp3) is 0.636. The molecule has 1 fully saturated rings. The van der Waals surface area contributed by atoms with Gasteiger partial charge in [-0.25, -0.2) is 9.97 Å². The topological polar surface area (TPSA) is 29.0 Å². The molecule has 0 amide bonds. The van der Waals surface area contributed by atoms with Crippen LogP contribution in [0.1, 0.15) is 25.5 Å². The molecule has 0 saturated carbocycles. The highest BCUT2D eigenvalue weighted by Gasteiger charge is 2.18. The van der Waals surface area contributed by atoms with E-state index in [2.05, 4.69) is 21.8 Å². The van der Waals surface area contributed by atoms with Crippen LogP contribution in [-0.2, 0) is 0 Å². The van der Waals surface area contributed by atoms with Gasteiger partial charge in [-0.05, 0) is 31.7 Å². The number of hydrogen-bond acceptors (Lipinski definition) is 3. The minimum absolute atomic E-state index is 0.538. The van der Waals surface area contributed by atoms with Crippen molar-refractivity contribution in [2.24, 2.45) is 5.92 Å². The summed E-state index contributed by atoms with van der Waals surface area (Å²) in [5, 5.41) is 0.538. The van der Waals surface area contributed by atoms with Crippen LogP contribution >= 0.6 is 11.6 Å². The van der Waals surface area contributed by atoms with Crippen LogP contribution in [0.15, 0.2) is 6.07 Å². The number of piperidine rings is 1. The summed E-state index contributed by atoms with van der Waals surface area (Å²) >= 11 is 5.93. The maximum Gasteiger partial charge on any atom is 0.226 e. The molecule has 82 valence electrons. The molecule has 2 rings (SSSR count). The van der Waals surface area contributed by atoms with Crippen molar-refractivity contribution in [1.29, 1.82) is 0 Å². The van der Waals surface area contributed by atoms with Crippen LogP contribution in [0.3, 0.4) is 0 Å². The normalized spacial score (nSPS) is 21.8. The van der Waals surface area contributed by atoms with Crippen LogP contribution in [-0.4, -0.2) is 23.1 Å². The summed E-state index contributed by atoms with van der Waals surface area (Å²) < 4.78 is 0. The van der Waals surface area contributed by atoms with Crippen molar-refractivity contribution >= 4 is 17.5 Å². The first-order chi connectivity index (χ1) is 7.15. The minimum Gasteiger partial charge on any atom is -0.341 e. The van der Waals surface area contributed by atoms with E-state index in [1.165, 1.54) is 12.8 Å². The maximum atomic E-state index is 5.93. The molecule has 0 aromatic carbocycles. The lowest BCUT2D eigenvalue weighted by Crippen LogP contribution is -2.35. The highest BCUT2D eigenvalue weighted by atomic mass is 35.5. The second-order valence-corrected chi connectivity index (χ2v) is 4.71. The van der Waals surface area contributed by atoms with Crippen LogP contribution in [0.25, 0.3) is 0 Å². The SMILES string of the molecule is Cc1cc(Cl)nc(N2CCC[C@H](C)C2)n1. The Kier molecular flexibility index (Phi) is 3.10. The average molecular weight is 226 g/mol. The number of hydrogen-bond donors (Lipinski definition) is 0. The van der Waals surface area contributed by atoms with Crippen LogP contribution in [0.2, 0.25) is 5.15 Å². The van der Waals surface area contributed by atoms with Crippen LogP contribution in [0, 0.1) is 12.8 Å². The highest BCUT2D eigenvalue weighted by Crippen LogP contribution is 2.21. The van der Waals surface area contributed by atoms with Crippen LogP contribution < -0.4 is 4.90 Å². The summed E-state index contributed by atoms with van der Waals surface area (Å²) in [6.07, 6.45) is 2.52. The Labute approximate surface area is 95.5 Å². The van der Waals surface area contributed by atoms with E-state index < -0.39 is 0 Å². The van der Waals surface area contributed by atoms with Gasteiger partial charge in [-0.1, -0.05) is 18.5 Å². The molecule has 0 bridgehead atoms. The zero-order chi connectivity index (χ0) is 10.8. The quantitative estimate of drug-likeness (QED) is 0.689. The Hall–Kier alpha value is -0.830. The predicted octanol–water partition coefficient (Wildman–Crippen LogP) is 2.67. The summed E-state index contributed by atoms with van der Waals surface area (Å²) in [6, 6.07) is 1.79. The van der Waals surface area contributed by atoms with E-state index in [0.29, 0.717) is 5.15 Å². The molecular weight excluding hydrogens is 210 g/mol. The second-order valence-electron chi connectivity index (χ2n) is 4.33. The minimum atomic E-state index is 0.538. The maximum absolute atomic E-state index is 5.93. The number of aryl methyl sites for hydroxylation is 1. The summed E-state index contributed by atoms with van der Waals surface area (Å²) in [6.45, 7) is 6.30. The van der Waals surface area contributed by atoms with Gasteiger partial charge in [0.05, 0.1) is 0 Å². The fourth-order valence-corrected chi connectivity index (χ4v) is 2.26. The molecule has 1 saturated heterocycles. The predicted molar refractivity (Wildman–Crippen MR) is 62.4 cm³/mol. The van der Waals surface area contributed by atoms with E-state index in [0.717, 1.165) is 30.6 Å². The van der Waals surface area contributed by atoms with Crippen molar-refractivity contribution in [2.45, 2.75) is 26.7 Å². The van der Waals surface area contributed by atoms with Crippen molar-refractivity contribution in [1.82, 2.24) is 9.97 Å². The van der Waals surface area contributed by atoms with Crippen molar-refractivity contribution in [3.63, 3.8) is 0 Å². The first-order valence-electron chi connectivity index (χ1n) is 5.41. The van der Waals surface area contributed by atoms with Gasteiger partial charge in [0.15, 0.2) is 0 Å². The summed E-state index contributed by atoms with van der Waals surface area (Å²) in [7, 11) is 0. The largest absolute Gasteiger partial charge is 0.341 e. The number of anilines is 1. The van der Waals surface area contributed by atoms with Gasteiger partial charge in [-0.15, -0.1) is 0 Å². The number of aromatic nitrogens is 2.